The number of thioether (sulfide) groups is 1. The Balaban J connectivity index is 1.48. The van der Waals surface area contributed by atoms with Crippen molar-refractivity contribution in [2.75, 3.05) is 11.1 Å². The van der Waals surface area contributed by atoms with Crippen molar-refractivity contribution in [3.8, 4) is 0 Å². The molecule has 4 rings (SSSR count). The number of H-pyrrole nitrogens is 1. The number of halogens is 2. The maximum absolute atomic E-state index is 13.0. The van der Waals surface area contributed by atoms with Crippen LogP contribution in [-0.4, -0.2) is 31.8 Å². The van der Waals surface area contributed by atoms with E-state index >= 15 is 0 Å². The third-order valence-corrected chi connectivity index (χ3v) is 4.99. The van der Waals surface area contributed by atoms with E-state index in [0.29, 0.717) is 16.3 Å². The molecule has 0 aliphatic rings. The van der Waals surface area contributed by atoms with E-state index in [0.717, 1.165) is 28.2 Å². The van der Waals surface area contributed by atoms with Crippen molar-refractivity contribution in [3.63, 3.8) is 0 Å². The van der Waals surface area contributed by atoms with Crippen molar-refractivity contribution in [3.05, 3.63) is 53.6 Å². The molecule has 4 aromatic rings. The lowest BCUT2D eigenvalue weighted by atomic mass is 10.2. The number of benzene rings is 2. The lowest BCUT2D eigenvalue weighted by Gasteiger charge is -2.09. The van der Waals surface area contributed by atoms with Crippen LogP contribution in [0.2, 0.25) is 0 Å². The largest absolute Gasteiger partial charge is 0.338 e. The Labute approximate surface area is 162 Å². The Morgan fingerprint density at radius 3 is 2.86 bits per heavy atom. The molecule has 0 fully saturated rings. The second-order valence-corrected chi connectivity index (χ2v) is 7.13. The topological polar surface area (TPSA) is 83.6 Å². The average molecular weight is 399 g/mol. The van der Waals surface area contributed by atoms with Crippen LogP contribution in [0, 0.1) is 6.92 Å². The zero-order chi connectivity index (χ0) is 19.7. The van der Waals surface area contributed by atoms with E-state index in [-0.39, 0.29) is 17.0 Å². The first kappa shape index (κ1) is 18.3. The molecule has 0 radical (unpaired) electrons. The highest BCUT2D eigenvalue weighted by Crippen LogP contribution is 2.27. The van der Waals surface area contributed by atoms with Crippen molar-refractivity contribution in [2.24, 2.45) is 0 Å². The molecule has 0 saturated heterocycles. The molecule has 2 N–H and O–H groups in total. The van der Waals surface area contributed by atoms with E-state index in [1.165, 1.54) is 18.2 Å². The van der Waals surface area contributed by atoms with Crippen LogP contribution in [0.25, 0.3) is 22.1 Å². The van der Waals surface area contributed by atoms with E-state index in [4.69, 9.17) is 0 Å². The van der Waals surface area contributed by atoms with Crippen LogP contribution in [-0.2, 0) is 4.79 Å². The molecule has 28 heavy (non-hydrogen) atoms. The second kappa shape index (κ2) is 7.51. The number of alkyl halides is 2. The van der Waals surface area contributed by atoms with E-state index in [9.17, 15) is 13.6 Å². The van der Waals surface area contributed by atoms with Crippen molar-refractivity contribution in [2.45, 2.75) is 18.5 Å². The van der Waals surface area contributed by atoms with Gasteiger partial charge >= 0.3 is 0 Å². The lowest BCUT2D eigenvalue weighted by Crippen LogP contribution is -2.15. The van der Waals surface area contributed by atoms with E-state index in [2.05, 4.69) is 25.5 Å². The van der Waals surface area contributed by atoms with Crippen molar-refractivity contribution in [1.82, 2.24) is 20.2 Å². The molecule has 6 nitrogen and oxygen atoms in total. The summed E-state index contributed by atoms with van der Waals surface area (Å²) in [4.78, 5) is 19.7. The van der Waals surface area contributed by atoms with Crippen LogP contribution in [0.5, 0.6) is 0 Å². The molecule has 0 unspecified atom stereocenters. The number of nitrogens with zero attached hydrogens (tertiary/aromatic N) is 3. The molecule has 0 bridgehead atoms. The Morgan fingerprint density at radius 1 is 1.21 bits per heavy atom. The number of aryl methyl sites for hydroxylation is 1. The van der Waals surface area contributed by atoms with Gasteiger partial charge in [-0.2, -0.15) is 0 Å². The number of aromatic nitrogens is 4. The van der Waals surface area contributed by atoms with E-state index in [1.807, 2.05) is 25.1 Å². The minimum Gasteiger partial charge on any atom is -0.338 e. The zero-order valence-corrected chi connectivity index (χ0v) is 15.6. The highest BCUT2D eigenvalue weighted by Gasteiger charge is 2.15. The van der Waals surface area contributed by atoms with Crippen LogP contribution in [0.4, 0.5) is 14.5 Å². The SMILES string of the molecule is Cc1ccc2[nH]c3nc(SCC(=O)Nc4ccccc4C(F)F)nnc3c2c1. The van der Waals surface area contributed by atoms with Crippen molar-refractivity contribution >= 4 is 45.4 Å². The Morgan fingerprint density at radius 2 is 2.04 bits per heavy atom. The molecule has 2 heterocycles. The third-order valence-electron chi connectivity index (χ3n) is 4.15. The van der Waals surface area contributed by atoms with Crippen LogP contribution < -0.4 is 5.32 Å². The van der Waals surface area contributed by atoms with Gasteiger partial charge in [0.25, 0.3) is 6.43 Å². The zero-order valence-electron chi connectivity index (χ0n) is 14.7. The number of rotatable bonds is 5. The molecule has 0 atom stereocenters. The highest BCUT2D eigenvalue weighted by atomic mass is 32.2. The molecule has 0 aliphatic heterocycles. The predicted molar refractivity (Wildman–Crippen MR) is 105 cm³/mol. The maximum atomic E-state index is 13.0. The third kappa shape index (κ3) is 3.65. The smallest absolute Gasteiger partial charge is 0.265 e. The number of nitrogens with one attached hydrogen (secondary N) is 2. The summed E-state index contributed by atoms with van der Waals surface area (Å²) >= 11 is 1.09. The number of fused-ring (bicyclic) bond motifs is 3. The number of anilines is 1. The van der Waals surface area contributed by atoms with Gasteiger partial charge < -0.3 is 10.3 Å². The van der Waals surface area contributed by atoms with Gasteiger partial charge in [-0.1, -0.05) is 41.6 Å². The summed E-state index contributed by atoms with van der Waals surface area (Å²) in [6.45, 7) is 1.99. The van der Waals surface area contributed by atoms with Gasteiger partial charge in [0, 0.05) is 22.2 Å². The first-order valence-electron chi connectivity index (χ1n) is 8.44. The normalized spacial score (nSPS) is 11.4. The summed E-state index contributed by atoms with van der Waals surface area (Å²) < 4.78 is 26.0. The van der Waals surface area contributed by atoms with Gasteiger partial charge in [-0.15, -0.1) is 10.2 Å². The molecular formula is C19H15F2N5OS. The van der Waals surface area contributed by atoms with Crippen molar-refractivity contribution in [1.29, 1.82) is 0 Å². The molecule has 0 spiro atoms. The summed E-state index contributed by atoms with van der Waals surface area (Å²) in [5.41, 5.74) is 3.15. The Bertz CT molecular complexity index is 1180. The summed E-state index contributed by atoms with van der Waals surface area (Å²) in [5, 5.41) is 12.0. The molecule has 9 heteroatoms. The van der Waals surface area contributed by atoms with Crippen LogP contribution in [0.15, 0.2) is 47.6 Å². The number of hydrogen-bond donors (Lipinski definition) is 2. The molecule has 2 aromatic carbocycles. The van der Waals surface area contributed by atoms with Crippen LogP contribution in [0.3, 0.4) is 0 Å². The molecule has 0 saturated carbocycles. The lowest BCUT2D eigenvalue weighted by molar-refractivity contribution is -0.113. The number of para-hydroxylation sites is 1. The quantitative estimate of drug-likeness (QED) is 0.484. The van der Waals surface area contributed by atoms with Gasteiger partial charge in [-0.05, 0) is 25.1 Å². The fourth-order valence-corrected chi connectivity index (χ4v) is 3.44. The van der Waals surface area contributed by atoms with Crippen LogP contribution in [0.1, 0.15) is 17.6 Å². The van der Waals surface area contributed by atoms with Crippen molar-refractivity contribution < 1.29 is 13.6 Å². The van der Waals surface area contributed by atoms with Gasteiger partial charge in [0.05, 0.1) is 5.75 Å². The van der Waals surface area contributed by atoms with Gasteiger partial charge in [0.2, 0.25) is 11.1 Å². The number of carbonyl (C=O) groups excluding carboxylic acids is 1. The number of aromatic amines is 1. The van der Waals surface area contributed by atoms with Gasteiger partial charge in [-0.25, -0.2) is 13.8 Å². The summed E-state index contributed by atoms with van der Waals surface area (Å²) in [6.07, 6.45) is -2.66. The standard InChI is InChI=1S/C19H15F2N5OS/c1-10-6-7-14-12(8-10)16-18(23-14)24-19(26-25-16)28-9-15(27)22-13-5-3-2-4-11(13)17(20)21/h2-8,17H,9H2,1H3,(H,22,27)(H,23,24,26). The van der Waals surface area contributed by atoms with E-state index < -0.39 is 12.3 Å². The minimum absolute atomic E-state index is 0.0237. The monoisotopic (exact) mass is 399 g/mol. The summed E-state index contributed by atoms with van der Waals surface area (Å²) in [5.74, 6) is -0.446. The Kier molecular flexibility index (Phi) is 4.91. The molecule has 0 aliphatic carbocycles. The van der Waals surface area contributed by atoms with Crippen LogP contribution >= 0.6 is 11.8 Å². The minimum atomic E-state index is -2.66. The Hall–Kier alpha value is -3.07. The maximum Gasteiger partial charge on any atom is 0.265 e. The first-order chi connectivity index (χ1) is 13.5. The second-order valence-electron chi connectivity index (χ2n) is 6.19. The molecular weight excluding hydrogens is 384 g/mol. The van der Waals surface area contributed by atoms with Gasteiger partial charge in [0.15, 0.2) is 5.65 Å². The summed E-state index contributed by atoms with van der Waals surface area (Å²) in [6, 6.07) is 11.8. The van der Waals surface area contributed by atoms with Gasteiger partial charge in [0.1, 0.15) is 5.52 Å². The fourth-order valence-electron chi connectivity index (χ4n) is 2.85. The number of carbonyl (C=O) groups is 1. The van der Waals surface area contributed by atoms with E-state index in [1.54, 1.807) is 6.07 Å². The predicted octanol–water partition coefficient (Wildman–Crippen LogP) is 4.48. The highest BCUT2D eigenvalue weighted by molar-refractivity contribution is 7.99. The molecule has 142 valence electrons. The first-order valence-corrected chi connectivity index (χ1v) is 9.42. The summed E-state index contributed by atoms with van der Waals surface area (Å²) in [7, 11) is 0. The number of amides is 1. The number of hydrogen-bond acceptors (Lipinski definition) is 5. The fraction of sp³-hybridized carbons (Fsp3) is 0.158. The van der Waals surface area contributed by atoms with Gasteiger partial charge in [-0.3, -0.25) is 4.79 Å². The molecule has 1 amide bonds. The average Bonchev–Trinajstić information content (AvgIpc) is 3.03. The molecule has 2 aromatic heterocycles.